The summed E-state index contributed by atoms with van der Waals surface area (Å²) < 4.78 is 13.7. The molecule has 2 rings (SSSR count). The number of benzene rings is 1. The van der Waals surface area contributed by atoms with Crippen LogP contribution in [0, 0.1) is 11.7 Å². The zero-order valence-corrected chi connectivity index (χ0v) is 12.7. The average molecular weight is 308 g/mol. The van der Waals surface area contributed by atoms with Crippen molar-refractivity contribution in [3.05, 3.63) is 41.2 Å². The molecule has 0 spiro atoms. The standard InChI is InChI=1S/C15H17FN2O2S/c1-9(2)12(19)7-17-14(20)13-8-18-15(21-13)10-5-3-4-6-11(10)16/h3-6,8-9,12,19H,7H2,1-2H3,(H,17,20). The van der Waals surface area contributed by atoms with Crippen molar-refractivity contribution >= 4 is 17.2 Å². The summed E-state index contributed by atoms with van der Waals surface area (Å²) in [7, 11) is 0. The lowest BCUT2D eigenvalue weighted by atomic mass is 10.1. The molecule has 21 heavy (non-hydrogen) atoms. The molecule has 4 nitrogen and oxygen atoms in total. The first-order chi connectivity index (χ1) is 9.99. The minimum atomic E-state index is -0.590. The summed E-state index contributed by atoms with van der Waals surface area (Å²) >= 11 is 1.12. The van der Waals surface area contributed by atoms with Crippen LogP contribution in [0.5, 0.6) is 0 Å². The Balaban J connectivity index is 2.06. The number of aliphatic hydroxyl groups excluding tert-OH is 1. The van der Waals surface area contributed by atoms with E-state index in [-0.39, 0.29) is 24.2 Å². The fraction of sp³-hybridized carbons (Fsp3) is 0.333. The van der Waals surface area contributed by atoms with E-state index in [2.05, 4.69) is 10.3 Å². The predicted molar refractivity (Wildman–Crippen MR) is 80.7 cm³/mol. The van der Waals surface area contributed by atoms with E-state index in [4.69, 9.17) is 0 Å². The van der Waals surface area contributed by atoms with E-state index in [0.29, 0.717) is 15.4 Å². The van der Waals surface area contributed by atoms with Crippen LogP contribution < -0.4 is 5.32 Å². The zero-order valence-electron chi connectivity index (χ0n) is 11.8. The van der Waals surface area contributed by atoms with Crippen molar-refractivity contribution in [1.82, 2.24) is 10.3 Å². The maximum atomic E-state index is 13.7. The second-order valence-electron chi connectivity index (χ2n) is 5.03. The molecule has 2 aromatic rings. The van der Waals surface area contributed by atoms with E-state index >= 15 is 0 Å². The predicted octanol–water partition coefficient (Wildman–Crippen LogP) is 2.70. The van der Waals surface area contributed by atoms with Crippen molar-refractivity contribution in [1.29, 1.82) is 0 Å². The number of halogens is 1. The highest BCUT2D eigenvalue weighted by Gasteiger charge is 2.15. The highest BCUT2D eigenvalue weighted by molar-refractivity contribution is 7.16. The van der Waals surface area contributed by atoms with Crippen molar-refractivity contribution in [2.75, 3.05) is 6.54 Å². The van der Waals surface area contributed by atoms with Gasteiger partial charge in [0.25, 0.3) is 5.91 Å². The summed E-state index contributed by atoms with van der Waals surface area (Å²) in [4.78, 5) is 16.4. The van der Waals surface area contributed by atoms with Crippen molar-refractivity contribution < 1.29 is 14.3 Å². The number of nitrogens with one attached hydrogen (secondary N) is 1. The number of hydrogen-bond acceptors (Lipinski definition) is 4. The molecular weight excluding hydrogens is 291 g/mol. The van der Waals surface area contributed by atoms with Gasteiger partial charge < -0.3 is 10.4 Å². The first kappa shape index (κ1) is 15.6. The summed E-state index contributed by atoms with van der Waals surface area (Å²) in [5.41, 5.74) is 0.378. The van der Waals surface area contributed by atoms with Gasteiger partial charge in [-0.25, -0.2) is 9.37 Å². The highest BCUT2D eigenvalue weighted by Crippen LogP contribution is 2.27. The maximum absolute atomic E-state index is 13.7. The Morgan fingerprint density at radius 3 is 2.81 bits per heavy atom. The summed E-state index contributed by atoms with van der Waals surface area (Å²) in [6, 6.07) is 6.31. The molecule has 2 N–H and O–H groups in total. The lowest BCUT2D eigenvalue weighted by Gasteiger charge is -2.14. The van der Waals surface area contributed by atoms with Gasteiger partial charge in [0, 0.05) is 12.1 Å². The van der Waals surface area contributed by atoms with E-state index in [0.717, 1.165) is 11.3 Å². The van der Waals surface area contributed by atoms with Crippen LogP contribution in [0.2, 0.25) is 0 Å². The summed E-state index contributed by atoms with van der Waals surface area (Å²) in [6.07, 6.45) is 0.830. The molecule has 1 aromatic heterocycles. The van der Waals surface area contributed by atoms with Crippen molar-refractivity contribution in [2.24, 2.45) is 5.92 Å². The number of amides is 1. The molecule has 1 aromatic carbocycles. The molecule has 1 amide bonds. The third-order valence-corrected chi connectivity index (χ3v) is 4.10. The fourth-order valence-corrected chi connectivity index (χ4v) is 2.52. The van der Waals surface area contributed by atoms with E-state index in [1.807, 2.05) is 13.8 Å². The number of aromatic nitrogens is 1. The van der Waals surface area contributed by atoms with Gasteiger partial charge >= 0.3 is 0 Å². The number of hydrogen-bond donors (Lipinski definition) is 2. The second kappa shape index (κ2) is 6.78. The highest BCUT2D eigenvalue weighted by atomic mass is 32.1. The Morgan fingerprint density at radius 1 is 1.43 bits per heavy atom. The van der Waals surface area contributed by atoms with Gasteiger partial charge in [-0.05, 0) is 18.1 Å². The third kappa shape index (κ3) is 3.86. The number of nitrogens with zero attached hydrogens (tertiary/aromatic N) is 1. The Bertz CT molecular complexity index is 628. The second-order valence-corrected chi connectivity index (χ2v) is 6.06. The van der Waals surface area contributed by atoms with Crippen LogP contribution in [0.15, 0.2) is 30.5 Å². The summed E-state index contributed by atoms with van der Waals surface area (Å²) in [5, 5.41) is 12.8. The molecular formula is C15H17FN2O2S. The largest absolute Gasteiger partial charge is 0.391 e. The van der Waals surface area contributed by atoms with Crippen LogP contribution in [0.3, 0.4) is 0 Å². The molecule has 1 unspecified atom stereocenters. The molecule has 0 saturated heterocycles. The Morgan fingerprint density at radius 2 is 2.14 bits per heavy atom. The van der Waals surface area contributed by atoms with Crippen LogP contribution in [0.4, 0.5) is 4.39 Å². The SMILES string of the molecule is CC(C)C(O)CNC(=O)c1cnc(-c2ccccc2F)s1. The molecule has 0 aliphatic carbocycles. The Kier molecular flexibility index (Phi) is 5.03. The fourth-order valence-electron chi connectivity index (χ4n) is 1.66. The van der Waals surface area contributed by atoms with E-state index in [1.165, 1.54) is 12.3 Å². The lowest BCUT2D eigenvalue weighted by Crippen LogP contribution is -2.34. The molecule has 0 bridgehead atoms. The van der Waals surface area contributed by atoms with Gasteiger partial charge in [-0.2, -0.15) is 0 Å². The smallest absolute Gasteiger partial charge is 0.263 e. The van der Waals surface area contributed by atoms with Crippen molar-refractivity contribution in [3.63, 3.8) is 0 Å². The van der Waals surface area contributed by atoms with E-state index in [1.54, 1.807) is 18.2 Å². The zero-order chi connectivity index (χ0) is 15.4. The molecule has 0 saturated carbocycles. The normalized spacial score (nSPS) is 12.4. The molecule has 6 heteroatoms. The first-order valence-corrected chi connectivity index (χ1v) is 7.47. The summed E-state index contributed by atoms with van der Waals surface area (Å²) in [6.45, 7) is 3.93. The molecule has 0 fully saturated rings. The molecule has 0 aliphatic heterocycles. The number of carbonyl (C=O) groups excluding carboxylic acids is 1. The molecule has 112 valence electrons. The van der Waals surface area contributed by atoms with Gasteiger partial charge in [0.1, 0.15) is 15.7 Å². The average Bonchev–Trinajstić information content (AvgIpc) is 2.94. The van der Waals surface area contributed by atoms with Gasteiger partial charge in [0.2, 0.25) is 0 Å². The van der Waals surface area contributed by atoms with Crippen LogP contribution in [-0.2, 0) is 0 Å². The van der Waals surface area contributed by atoms with E-state index < -0.39 is 6.10 Å². The Hall–Kier alpha value is -1.79. The first-order valence-electron chi connectivity index (χ1n) is 6.66. The van der Waals surface area contributed by atoms with Crippen molar-refractivity contribution in [2.45, 2.75) is 20.0 Å². The van der Waals surface area contributed by atoms with Crippen LogP contribution >= 0.6 is 11.3 Å². The molecule has 0 aliphatic rings. The maximum Gasteiger partial charge on any atom is 0.263 e. The number of thiazole rings is 1. The lowest BCUT2D eigenvalue weighted by molar-refractivity contribution is 0.0875. The van der Waals surface area contributed by atoms with Gasteiger partial charge in [0.15, 0.2) is 0 Å². The minimum absolute atomic E-state index is 0.0701. The van der Waals surface area contributed by atoms with Gasteiger partial charge in [-0.3, -0.25) is 4.79 Å². The molecule has 0 radical (unpaired) electrons. The van der Waals surface area contributed by atoms with Crippen LogP contribution in [-0.4, -0.2) is 28.6 Å². The minimum Gasteiger partial charge on any atom is -0.391 e. The Labute approximate surface area is 126 Å². The monoisotopic (exact) mass is 308 g/mol. The quantitative estimate of drug-likeness (QED) is 0.892. The third-order valence-electron chi connectivity index (χ3n) is 3.08. The van der Waals surface area contributed by atoms with E-state index in [9.17, 15) is 14.3 Å². The number of carbonyl (C=O) groups is 1. The topological polar surface area (TPSA) is 62.2 Å². The van der Waals surface area contributed by atoms with Gasteiger partial charge in [-0.15, -0.1) is 11.3 Å². The van der Waals surface area contributed by atoms with Crippen LogP contribution in [0.25, 0.3) is 10.6 Å². The number of rotatable bonds is 5. The summed E-state index contributed by atoms with van der Waals surface area (Å²) in [5.74, 6) is -0.607. The molecule has 1 atom stereocenters. The van der Waals surface area contributed by atoms with Crippen LogP contribution in [0.1, 0.15) is 23.5 Å². The number of aliphatic hydroxyl groups is 1. The van der Waals surface area contributed by atoms with Crippen molar-refractivity contribution in [3.8, 4) is 10.6 Å². The van der Waals surface area contributed by atoms with Gasteiger partial charge in [0.05, 0.1) is 12.3 Å². The molecule has 1 heterocycles. The van der Waals surface area contributed by atoms with Gasteiger partial charge in [-0.1, -0.05) is 26.0 Å².